The lowest BCUT2D eigenvalue weighted by Gasteiger charge is -2.16. The van der Waals surface area contributed by atoms with Crippen molar-refractivity contribution in [3.8, 4) is 11.1 Å². The summed E-state index contributed by atoms with van der Waals surface area (Å²) in [6.07, 6.45) is 1.61. The molecule has 0 radical (unpaired) electrons. The van der Waals surface area contributed by atoms with Crippen molar-refractivity contribution in [2.24, 2.45) is 0 Å². The minimum atomic E-state index is -0.0176. The first-order chi connectivity index (χ1) is 10.7. The molecule has 1 amide bonds. The minimum absolute atomic E-state index is 0.0176. The predicted molar refractivity (Wildman–Crippen MR) is 86.4 cm³/mol. The SMILES string of the molecule is CN(Cc1ccco1)C(=O)c1ccc(-c2ccccc2)cc1. The van der Waals surface area contributed by atoms with Crippen molar-refractivity contribution in [1.82, 2.24) is 4.90 Å². The van der Waals surface area contributed by atoms with Gasteiger partial charge in [0.15, 0.2) is 0 Å². The van der Waals surface area contributed by atoms with Crippen molar-refractivity contribution < 1.29 is 9.21 Å². The molecule has 2 aromatic carbocycles. The Labute approximate surface area is 129 Å². The second kappa shape index (κ2) is 6.31. The summed E-state index contributed by atoms with van der Waals surface area (Å²) in [5.41, 5.74) is 2.92. The Morgan fingerprint density at radius 3 is 2.23 bits per heavy atom. The summed E-state index contributed by atoms with van der Waals surface area (Å²) in [6.45, 7) is 0.465. The first-order valence-electron chi connectivity index (χ1n) is 7.17. The van der Waals surface area contributed by atoms with E-state index >= 15 is 0 Å². The summed E-state index contributed by atoms with van der Waals surface area (Å²) in [4.78, 5) is 14.1. The highest BCUT2D eigenvalue weighted by Gasteiger charge is 2.13. The minimum Gasteiger partial charge on any atom is -0.467 e. The zero-order chi connectivity index (χ0) is 15.4. The van der Waals surface area contributed by atoms with E-state index < -0.39 is 0 Å². The third-order valence-corrected chi connectivity index (χ3v) is 3.56. The number of hydrogen-bond acceptors (Lipinski definition) is 2. The maximum Gasteiger partial charge on any atom is 0.254 e. The van der Waals surface area contributed by atoms with Crippen LogP contribution in [0.2, 0.25) is 0 Å². The van der Waals surface area contributed by atoms with E-state index in [0.717, 1.165) is 16.9 Å². The number of nitrogens with zero attached hydrogens (tertiary/aromatic N) is 1. The van der Waals surface area contributed by atoms with Gasteiger partial charge in [0.25, 0.3) is 5.91 Å². The molecule has 3 heteroatoms. The van der Waals surface area contributed by atoms with E-state index in [0.29, 0.717) is 12.1 Å². The van der Waals surface area contributed by atoms with Crippen LogP contribution >= 0.6 is 0 Å². The third-order valence-electron chi connectivity index (χ3n) is 3.56. The fourth-order valence-electron chi connectivity index (χ4n) is 2.36. The van der Waals surface area contributed by atoms with Gasteiger partial charge < -0.3 is 9.32 Å². The van der Waals surface area contributed by atoms with Crippen molar-refractivity contribution in [2.75, 3.05) is 7.05 Å². The lowest BCUT2D eigenvalue weighted by molar-refractivity contribution is 0.0775. The summed E-state index contributed by atoms with van der Waals surface area (Å²) in [6, 6.07) is 21.5. The molecule has 22 heavy (non-hydrogen) atoms. The van der Waals surface area contributed by atoms with Crippen LogP contribution in [0.4, 0.5) is 0 Å². The van der Waals surface area contributed by atoms with E-state index in [1.165, 1.54) is 0 Å². The van der Waals surface area contributed by atoms with Crippen LogP contribution in [-0.4, -0.2) is 17.9 Å². The maximum absolute atomic E-state index is 12.4. The van der Waals surface area contributed by atoms with Crippen LogP contribution in [0, 0.1) is 0 Å². The molecule has 0 atom stereocenters. The molecule has 0 N–H and O–H groups in total. The number of benzene rings is 2. The molecule has 0 saturated heterocycles. The summed E-state index contributed by atoms with van der Waals surface area (Å²) in [5.74, 6) is 0.757. The van der Waals surface area contributed by atoms with Crippen LogP contribution in [0.15, 0.2) is 77.4 Å². The van der Waals surface area contributed by atoms with Crippen molar-refractivity contribution in [3.05, 3.63) is 84.3 Å². The third kappa shape index (κ3) is 3.09. The Morgan fingerprint density at radius 1 is 0.909 bits per heavy atom. The van der Waals surface area contributed by atoms with Gasteiger partial charge in [-0.25, -0.2) is 0 Å². The van der Waals surface area contributed by atoms with Crippen molar-refractivity contribution in [3.63, 3.8) is 0 Å². The van der Waals surface area contributed by atoms with E-state index in [1.54, 1.807) is 18.2 Å². The fraction of sp³-hybridized carbons (Fsp3) is 0.105. The number of hydrogen-bond donors (Lipinski definition) is 0. The molecule has 110 valence electrons. The Kier molecular flexibility index (Phi) is 4.05. The molecule has 3 rings (SSSR count). The Bertz CT molecular complexity index is 731. The number of furan rings is 1. The number of amides is 1. The second-order valence-electron chi connectivity index (χ2n) is 5.18. The van der Waals surface area contributed by atoms with Gasteiger partial charge in [0.05, 0.1) is 12.8 Å². The van der Waals surface area contributed by atoms with Gasteiger partial charge in [-0.2, -0.15) is 0 Å². The highest BCUT2D eigenvalue weighted by atomic mass is 16.3. The van der Waals surface area contributed by atoms with Gasteiger partial charge in [0.2, 0.25) is 0 Å². The van der Waals surface area contributed by atoms with E-state index in [4.69, 9.17) is 4.42 Å². The van der Waals surface area contributed by atoms with Gasteiger partial charge in [0.1, 0.15) is 5.76 Å². The van der Waals surface area contributed by atoms with Crippen LogP contribution in [0.5, 0.6) is 0 Å². The van der Waals surface area contributed by atoms with Crippen molar-refractivity contribution >= 4 is 5.91 Å². The largest absolute Gasteiger partial charge is 0.467 e. The quantitative estimate of drug-likeness (QED) is 0.721. The molecule has 0 aliphatic carbocycles. The summed E-state index contributed by atoms with van der Waals surface area (Å²) in [7, 11) is 1.77. The Hall–Kier alpha value is -2.81. The van der Waals surface area contributed by atoms with Gasteiger partial charge in [-0.3, -0.25) is 4.79 Å². The van der Waals surface area contributed by atoms with E-state index in [-0.39, 0.29) is 5.91 Å². The van der Waals surface area contributed by atoms with Gasteiger partial charge in [-0.05, 0) is 35.4 Å². The topological polar surface area (TPSA) is 33.5 Å². The Morgan fingerprint density at radius 2 is 1.59 bits per heavy atom. The fourth-order valence-corrected chi connectivity index (χ4v) is 2.36. The summed E-state index contributed by atoms with van der Waals surface area (Å²) in [5, 5.41) is 0. The first-order valence-corrected chi connectivity index (χ1v) is 7.17. The van der Waals surface area contributed by atoms with Crippen molar-refractivity contribution in [1.29, 1.82) is 0 Å². The summed E-state index contributed by atoms with van der Waals surface area (Å²) >= 11 is 0. The molecular formula is C19H17NO2. The Balaban J connectivity index is 1.73. The molecule has 0 unspecified atom stereocenters. The average molecular weight is 291 g/mol. The normalized spacial score (nSPS) is 10.4. The number of carbonyl (C=O) groups is 1. The molecule has 3 aromatic rings. The highest BCUT2D eigenvalue weighted by Crippen LogP contribution is 2.20. The van der Waals surface area contributed by atoms with E-state index in [2.05, 4.69) is 12.1 Å². The molecule has 0 aliphatic rings. The molecule has 0 fully saturated rings. The van der Waals surface area contributed by atoms with Gasteiger partial charge in [-0.1, -0.05) is 42.5 Å². The predicted octanol–water partition coefficient (Wildman–Crippen LogP) is 4.22. The smallest absolute Gasteiger partial charge is 0.254 e. The van der Waals surface area contributed by atoms with Crippen LogP contribution in [-0.2, 0) is 6.54 Å². The second-order valence-corrected chi connectivity index (χ2v) is 5.18. The molecular weight excluding hydrogens is 274 g/mol. The molecule has 3 nitrogen and oxygen atoms in total. The van der Waals surface area contributed by atoms with Crippen LogP contribution in [0.25, 0.3) is 11.1 Å². The van der Waals surface area contributed by atoms with Gasteiger partial charge >= 0.3 is 0 Å². The number of rotatable bonds is 4. The highest BCUT2D eigenvalue weighted by molar-refractivity contribution is 5.94. The lowest BCUT2D eigenvalue weighted by atomic mass is 10.0. The summed E-state index contributed by atoms with van der Waals surface area (Å²) < 4.78 is 5.27. The zero-order valence-electron chi connectivity index (χ0n) is 12.4. The van der Waals surface area contributed by atoms with Gasteiger partial charge in [-0.15, -0.1) is 0 Å². The molecule has 1 heterocycles. The standard InChI is InChI=1S/C19H17NO2/c1-20(14-18-8-5-13-22-18)19(21)17-11-9-16(10-12-17)15-6-3-2-4-7-15/h2-13H,14H2,1H3. The first kappa shape index (κ1) is 14.1. The van der Waals surface area contributed by atoms with Crippen molar-refractivity contribution in [2.45, 2.75) is 6.54 Å². The zero-order valence-corrected chi connectivity index (χ0v) is 12.4. The van der Waals surface area contributed by atoms with E-state index in [1.807, 2.05) is 54.6 Å². The monoisotopic (exact) mass is 291 g/mol. The average Bonchev–Trinajstić information content (AvgIpc) is 3.08. The van der Waals surface area contributed by atoms with Crippen LogP contribution in [0.1, 0.15) is 16.1 Å². The van der Waals surface area contributed by atoms with E-state index in [9.17, 15) is 4.79 Å². The van der Waals surface area contributed by atoms with Gasteiger partial charge in [0, 0.05) is 12.6 Å². The molecule has 0 saturated carbocycles. The molecule has 1 aromatic heterocycles. The molecule has 0 bridgehead atoms. The van der Waals surface area contributed by atoms with Crippen LogP contribution < -0.4 is 0 Å². The molecule has 0 aliphatic heterocycles. The van der Waals surface area contributed by atoms with Crippen LogP contribution in [0.3, 0.4) is 0 Å². The lowest BCUT2D eigenvalue weighted by Crippen LogP contribution is -2.25. The molecule has 0 spiro atoms. The number of carbonyl (C=O) groups excluding carboxylic acids is 1. The maximum atomic E-state index is 12.4.